The molecule has 2 heterocycles. The molecule has 0 fully saturated rings. The van der Waals surface area contributed by atoms with Crippen LogP contribution in [0.15, 0.2) is 18.5 Å². The third-order valence-electron chi connectivity index (χ3n) is 2.31. The second-order valence-electron chi connectivity index (χ2n) is 3.25. The van der Waals surface area contributed by atoms with Crippen LogP contribution >= 0.6 is 12.2 Å². The van der Waals surface area contributed by atoms with Crippen LogP contribution in [0, 0.1) is 4.64 Å². The molecular formula is C10H8N2O2S. The molecule has 1 aromatic heterocycles. The number of benzene rings is 1. The van der Waals surface area contributed by atoms with Gasteiger partial charge in [0, 0.05) is 11.5 Å². The van der Waals surface area contributed by atoms with Crippen LogP contribution in [0.4, 0.5) is 0 Å². The molecule has 0 atom stereocenters. The monoisotopic (exact) mass is 220 g/mol. The van der Waals surface area contributed by atoms with E-state index in [1.54, 1.807) is 6.33 Å². The van der Waals surface area contributed by atoms with Gasteiger partial charge in [0.25, 0.3) is 0 Å². The Morgan fingerprint density at radius 1 is 1.20 bits per heavy atom. The number of rotatable bonds is 0. The van der Waals surface area contributed by atoms with Gasteiger partial charge in [0.05, 0.1) is 11.8 Å². The second-order valence-corrected chi connectivity index (χ2v) is 3.64. The van der Waals surface area contributed by atoms with Crippen molar-refractivity contribution in [2.45, 2.75) is 0 Å². The molecule has 76 valence electrons. The maximum Gasteiger partial charge on any atom is 0.163 e. The van der Waals surface area contributed by atoms with Gasteiger partial charge in [-0.05, 0) is 6.07 Å². The third-order valence-corrected chi connectivity index (χ3v) is 2.64. The van der Waals surface area contributed by atoms with Gasteiger partial charge in [-0.15, -0.1) is 0 Å². The van der Waals surface area contributed by atoms with Gasteiger partial charge < -0.3 is 14.5 Å². The van der Waals surface area contributed by atoms with Crippen molar-refractivity contribution >= 4 is 23.1 Å². The van der Waals surface area contributed by atoms with Crippen molar-refractivity contribution in [2.24, 2.45) is 0 Å². The van der Waals surface area contributed by atoms with Gasteiger partial charge in [-0.2, -0.15) is 0 Å². The van der Waals surface area contributed by atoms with E-state index >= 15 is 0 Å². The molecule has 1 aliphatic rings. The van der Waals surface area contributed by atoms with Gasteiger partial charge in [0.1, 0.15) is 17.9 Å². The molecule has 4 nitrogen and oxygen atoms in total. The zero-order chi connectivity index (χ0) is 10.3. The highest BCUT2D eigenvalue weighted by Gasteiger charge is 2.13. The zero-order valence-electron chi connectivity index (χ0n) is 7.82. The molecule has 15 heavy (non-hydrogen) atoms. The minimum absolute atomic E-state index is 0.570. The normalized spacial score (nSPS) is 14.1. The molecule has 1 N–H and O–H groups in total. The van der Waals surface area contributed by atoms with Crippen LogP contribution in [-0.2, 0) is 0 Å². The summed E-state index contributed by atoms with van der Waals surface area (Å²) >= 11 is 5.13. The number of nitrogens with one attached hydrogen (secondary N) is 1. The first-order valence-electron chi connectivity index (χ1n) is 4.61. The van der Waals surface area contributed by atoms with Gasteiger partial charge >= 0.3 is 0 Å². The number of aromatic amines is 1. The number of hydrogen-bond donors (Lipinski definition) is 1. The standard InChI is InChI=1S/C10H8N2O2S/c15-10-6-3-8-9(14-2-1-13-8)4-7(6)11-5-12-10/h3-5H,1-2H2,(H,11,12,15). The highest BCUT2D eigenvalue weighted by molar-refractivity contribution is 7.71. The Bertz CT molecular complexity index is 579. The van der Waals surface area contributed by atoms with Crippen molar-refractivity contribution in [3.63, 3.8) is 0 Å². The summed E-state index contributed by atoms with van der Waals surface area (Å²) in [7, 11) is 0. The fraction of sp³-hybridized carbons (Fsp3) is 0.200. The van der Waals surface area contributed by atoms with Gasteiger partial charge in [-0.25, -0.2) is 4.98 Å². The van der Waals surface area contributed by atoms with E-state index in [4.69, 9.17) is 21.7 Å². The molecule has 0 amide bonds. The average Bonchev–Trinajstić information content (AvgIpc) is 2.27. The van der Waals surface area contributed by atoms with Gasteiger partial charge in [-0.1, -0.05) is 12.2 Å². The van der Waals surface area contributed by atoms with Crippen molar-refractivity contribution < 1.29 is 9.47 Å². The zero-order valence-corrected chi connectivity index (χ0v) is 8.63. The van der Waals surface area contributed by atoms with Crippen LogP contribution in [0.5, 0.6) is 11.5 Å². The topological polar surface area (TPSA) is 47.1 Å². The van der Waals surface area contributed by atoms with Crippen molar-refractivity contribution in [1.29, 1.82) is 0 Å². The Kier molecular flexibility index (Phi) is 1.85. The van der Waals surface area contributed by atoms with Crippen LogP contribution in [0.2, 0.25) is 0 Å². The Hall–Kier alpha value is -1.62. The van der Waals surface area contributed by atoms with E-state index in [9.17, 15) is 0 Å². The Morgan fingerprint density at radius 2 is 1.93 bits per heavy atom. The summed E-state index contributed by atoms with van der Waals surface area (Å²) in [5, 5.41) is 0.886. The quantitative estimate of drug-likeness (QED) is 0.690. The molecule has 0 saturated heterocycles. The lowest BCUT2D eigenvalue weighted by atomic mass is 10.2. The lowest BCUT2D eigenvalue weighted by Crippen LogP contribution is -2.15. The summed E-state index contributed by atoms with van der Waals surface area (Å²) in [5.74, 6) is 1.49. The number of nitrogens with zero attached hydrogens (tertiary/aromatic N) is 1. The smallest absolute Gasteiger partial charge is 0.163 e. The van der Waals surface area contributed by atoms with E-state index in [-0.39, 0.29) is 0 Å². The van der Waals surface area contributed by atoms with Gasteiger partial charge in [0.15, 0.2) is 11.5 Å². The second kappa shape index (κ2) is 3.20. The first-order chi connectivity index (χ1) is 7.34. The fourth-order valence-corrected chi connectivity index (χ4v) is 1.84. The predicted octanol–water partition coefficient (Wildman–Crippen LogP) is 2.06. The predicted molar refractivity (Wildman–Crippen MR) is 57.9 cm³/mol. The highest BCUT2D eigenvalue weighted by atomic mass is 32.1. The van der Waals surface area contributed by atoms with E-state index in [1.807, 2.05) is 12.1 Å². The summed E-state index contributed by atoms with van der Waals surface area (Å²) in [6, 6.07) is 3.76. The first-order valence-corrected chi connectivity index (χ1v) is 5.02. The number of H-pyrrole nitrogens is 1. The molecule has 0 unspecified atom stereocenters. The van der Waals surface area contributed by atoms with Crippen LogP contribution in [0.3, 0.4) is 0 Å². The van der Waals surface area contributed by atoms with Crippen molar-refractivity contribution in [3.8, 4) is 11.5 Å². The maximum atomic E-state index is 5.47. The molecule has 0 bridgehead atoms. The maximum absolute atomic E-state index is 5.47. The number of ether oxygens (including phenoxy) is 2. The Labute approximate surface area is 90.9 Å². The molecule has 0 spiro atoms. The SMILES string of the molecule is S=c1nc[nH]c2cc3c(cc12)OCCO3. The molecule has 3 rings (SSSR count). The minimum Gasteiger partial charge on any atom is -0.486 e. The number of hydrogen-bond acceptors (Lipinski definition) is 4. The van der Waals surface area contributed by atoms with Gasteiger partial charge in [0.2, 0.25) is 0 Å². The third kappa shape index (κ3) is 1.35. The molecular weight excluding hydrogens is 212 g/mol. The Morgan fingerprint density at radius 3 is 2.73 bits per heavy atom. The lowest BCUT2D eigenvalue weighted by molar-refractivity contribution is 0.172. The van der Waals surface area contributed by atoms with Crippen LogP contribution in [-0.4, -0.2) is 23.2 Å². The van der Waals surface area contributed by atoms with E-state index in [2.05, 4.69) is 9.97 Å². The van der Waals surface area contributed by atoms with E-state index < -0.39 is 0 Å². The van der Waals surface area contributed by atoms with Crippen LogP contribution in [0.1, 0.15) is 0 Å². The first kappa shape index (κ1) is 8.67. The van der Waals surface area contributed by atoms with E-state index in [0.29, 0.717) is 17.9 Å². The van der Waals surface area contributed by atoms with E-state index in [0.717, 1.165) is 22.4 Å². The Balaban J connectivity index is 2.36. The molecule has 1 aromatic carbocycles. The molecule has 2 aromatic rings. The van der Waals surface area contributed by atoms with E-state index in [1.165, 1.54) is 0 Å². The minimum atomic E-state index is 0.570. The van der Waals surface area contributed by atoms with Crippen molar-refractivity contribution in [1.82, 2.24) is 9.97 Å². The molecule has 0 radical (unpaired) electrons. The number of aromatic nitrogens is 2. The lowest BCUT2D eigenvalue weighted by Gasteiger charge is -2.18. The van der Waals surface area contributed by atoms with Crippen LogP contribution in [0.25, 0.3) is 10.9 Å². The molecule has 0 saturated carbocycles. The van der Waals surface area contributed by atoms with Crippen LogP contribution < -0.4 is 9.47 Å². The largest absolute Gasteiger partial charge is 0.486 e. The summed E-state index contributed by atoms with van der Waals surface area (Å²) in [6.07, 6.45) is 1.58. The molecule has 0 aliphatic carbocycles. The average molecular weight is 220 g/mol. The summed E-state index contributed by atoms with van der Waals surface area (Å²) < 4.78 is 11.5. The summed E-state index contributed by atoms with van der Waals surface area (Å²) in [5.41, 5.74) is 0.916. The number of fused-ring (bicyclic) bond motifs is 2. The molecule has 5 heteroatoms. The van der Waals surface area contributed by atoms with Gasteiger partial charge in [-0.3, -0.25) is 0 Å². The summed E-state index contributed by atoms with van der Waals surface area (Å²) in [4.78, 5) is 7.05. The van der Waals surface area contributed by atoms with Crippen molar-refractivity contribution in [3.05, 3.63) is 23.1 Å². The van der Waals surface area contributed by atoms with Crippen molar-refractivity contribution in [2.75, 3.05) is 13.2 Å². The highest BCUT2D eigenvalue weighted by Crippen LogP contribution is 2.33. The summed E-state index contributed by atoms with van der Waals surface area (Å²) in [6.45, 7) is 1.17. The fourth-order valence-electron chi connectivity index (χ4n) is 1.62. The molecule has 1 aliphatic heterocycles.